The lowest BCUT2D eigenvalue weighted by atomic mass is 10.0. The second-order valence-corrected chi connectivity index (χ2v) is 8.85. The van der Waals surface area contributed by atoms with Crippen molar-refractivity contribution in [3.63, 3.8) is 0 Å². The molecule has 0 spiro atoms. The van der Waals surface area contributed by atoms with Crippen molar-refractivity contribution in [2.24, 2.45) is 0 Å². The zero-order chi connectivity index (χ0) is 23.9. The molecule has 1 fully saturated rings. The summed E-state index contributed by atoms with van der Waals surface area (Å²) in [7, 11) is 5.34. The Balaban J connectivity index is 0.00000342. The summed E-state index contributed by atoms with van der Waals surface area (Å²) in [6.45, 7) is 4.23. The molecule has 0 radical (unpaired) electrons. The molecule has 190 valence electrons. The number of aromatic nitrogens is 2. The first kappa shape index (κ1) is 26.9. The number of benzene rings is 2. The number of hydrogen-bond acceptors (Lipinski definition) is 8. The normalized spacial score (nSPS) is 14.5. The van der Waals surface area contributed by atoms with Gasteiger partial charge in [0.1, 0.15) is 5.75 Å². The highest BCUT2D eigenvalue weighted by atomic mass is 35.5. The van der Waals surface area contributed by atoms with Crippen molar-refractivity contribution in [1.29, 1.82) is 0 Å². The van der Waals surface area contributed by atoms with E-state index < -0.39 is 0 Å². The van der Waals surface area contributed by atoms with Gasteiger partial charge in [0.05, 0.1) is 26.0 Å². The smallest absolute Gasteiger partial charge is 0.156 e. The maximum absolute atomic E-state index is 9.12. The molecule has 1 aliphatic rings. The molecule has 0 unspecified atom stereocenters. The average Bonchev–Trinajstić information content (AvgIpc) is 2.87. The van der Waals surface area contributed by atoms with Gasteiger partial charge in [0.25, 0.3) is 0 Å². The first-order valence-electron chi connectivity index (χ1n) is 11.8. The van der Waals surface area contributed by atoms with Gasteiger partial charge in [0.15, 0.2) is 5.82 Å². The predicted octanol–water partition coefficient (Wildman–Crippen LogP) is 3.71. The van der Waals surface area contributed by atoms with Crippen LogP contribution in [0.25, 0.3) is 10.8 Å². The third-order valence-electron chi connectivity index (χ3n) is 6.49. The second-order valence-electron chi connectivity index (χ2n) is 8.85. The molecule has 3 aromatic rings. The summed E-state index contributed by atoms with van der Waals surface area (Å²) in [6, 6.07) is 15.0. The number of fused-ring (bicyclic) bond motifs is 1. The van der Waals surface area contributed by atoms with Gasteiger partial charge in [-0.05, 0) is 48.7 Å². The van der Waals surface area contributed by atoms with Crippen molar-refractivity contribution < 1.29 is 14.6 Å². The molecule has 35 heavy (non-hydrogen) atoms. The molecule has 0 atom stereocenters. The van der Waals surface area contributed by atoms with Gasteiger partial charge in [-0.2, -0.15) is 5.10 Å². The highest BCUT2D eigenvalue weighted by Gasteiger charge is 2.21. The first-order valence-corrected chi connectivity index (χ1v) is 11.8. The molecular formula is C26H36ClN5O3. The molecule has 1 saturated heterocycles. The number of aliphatic hydroxyl groups excluding tert-OH is 1. The Hall–Kier alpha value is -2.65. The van der Waals surface area contributed by atoms with Crippen molar-refractivity contribution in [1.82, 2.24) is 15.1 Å². The number of nitrogens with zero attached hydrogens (tertiary/aromatic N) is 4. The van der Waals surface area contributed by atoms with E-state index in [9.17, 15) is 0 Å². The molecule has 1 aromatic heterocycles. The molecule has 8 nitrogen and oxygen atoms in total. The number of likely N-dealkylation sites (N-methyl/N-ethyl adjacent to an activating group) is 1. The second kappa shape index (κ2) is 12.9. The van der Waals surface area contributed by atoms with Gasteiger partial charge in [0.2, 0.25) is 0 Å². The van der Waals surface area contributed by atoms with Crippen LogP contribution < -0.4 is 15.0 Å². The van der Waals surface area contributed by atoms with Gasteiger partial charge in [-0.25, -0.2) is 0 Å². The third-order valence-corrected chi connectivity index (χ3v) is 6.49. The van der Waals surface area contributed by atoms with E-state index in [1.165, 1.54) is 5.56 Å². The minimum Gasteiger partial charge on any atom is -0.497 e. The summed E-state index contributed by atoms with van der Waals surface area (Å²) in [5.74, 6) is 1.60. The van der Waals surface area contributed by atoms with Crippen LogP contribution in [0.1, 0.15) is 24.1 Å². The minimum atomic E-state index is 0. The molecular weight excluding hydrogens is 466 g/mol. The number of likely N-dealkylation sites (tertiary alicyclic amines) is 1. The van der Waals surface area contributed by atoms with E-state index in [-0.39, 0.29) is 19.0 Å². The number of nitrogens with one attached hydrogen (secondary N) is 1. The van der Waals surface area contributed by atoms with Crippen LogP contribution in [0.3, 0.4) is 0 Å². The fraction of sp³-hybridized carbons (Fsp3) is 0.462. The number of aliphatic hydroxyl groups is 1. The number of hydrogen-bond donors (Lipinski definition) is 2. The fourth-order valence-corrected chi connectivity index (χ4v) is 4.49. The van der Waals surface area contributed by atoms with Gasteiger partial charge in [-0.1, -0.05) is 12.1 Å². The van der Waals surface area contributed by atoms with Gasteiger partial charge in [-0.3, -0.25) is 4.90 Å². The summed E-state index contributed by atoms with van der Waals surface area (Å²) >= 11 is 0. The highest BCUT2D eigenvalue weighted by molar-refractivity contribution is 5.94. The van der Waals surface area contributed by atoms with E-state index in [1.807, 2.05) is 25.2 Å². The van der Waals surface area contributed by atoms with E-state index in [1.54, 1.807) is 14.2 Å². The number of piperidine rings is 1. The fourth-order valence-electron chi connectivity index (χ4n) is 4.49. The van der Waals surface area contributed by atoms with Crippen LogP contribution >= 0.6 is 12.4 Å². The van der Waals surface area contributed by atoms with E-state index in [2.05, 4.69) is 49.6 Å². The monoisotopic (exact) mass is 501 g/mol. The predicted molar refractivity (Wildman–Crippen MR) is 143 cm³/mol. The summed E-state index contributed by atoms with van der Waals surface area (Å²) < 4.78 is 10.7. The third kappa shape index (κ3) is 6.73. The number of rotatable bonds is 10. The quantitative estimate of drug-likeness (QED) is 0.435. The van der Waals surface area contributed by atoms with Crippen molar-refractivity contribution in [2.75, 3.05) is 57.7 Å². The maximum Gasteiger partial charge on any atom is 0.156 e. The van der Waals surface area contributed by atoms with Gasteiger partial charge in [-0.15, -0.1) is 17.5 Å². The van der Waals surface area contributed by atoms with Crippen LogP contribution in [-0.4, -0.2) is 73.8 Å². The lowest BCUT2D eigenvalue weighted by Gasteiger charge is -2.32. The minimum absolute atomic E-state index is 0. The van der Waals surface area contributed by atoms with Crippen LogP contribution in [0.4, 0.5) is 11.5 Å². The molecule has 0 aliphatic carbocycles. The van der Waals surface area contributed by atoms with E-state index in [0.29, 0.717) is 19.2 Å². The zero-order valence-electron chi connectivity index (χ0n) is 20.7. The molecule has 0 bridgehead atoms. The molecule has 0 amide bonds. The summed E-state index contributed by atoms with van der Waals surface area (Å²) in [5.41, 5.74) is 3.27. The Kier molecular flexibility index (Phi) is 9.92. The van der Waals surface area contributed by atoms with Gasteiger partial charge < -0.3 is 24.8 Å². The lowest BCUT2D eigenvalue weighted by molar-refractivity contribution is 0.182. The highest BCUT2D eigenvalue weighted by Crippen LogP contribution is 2.29. The molecule has 9 heteroatoms. The lowest BCUT2D eigenvalue weighted by Crippen LogP contribution is -2.38. The summed E-state index contributed by atoms with van der Waals surface area (Å²) in [6.07, 6.45) is 2.09. The molecule has 0 saturated carbocycles. The van der Waals surface area contributed by atoms with Crippen molar-refractivity contribution in [2.45, 2.75) is 32.0 Å². The van der Waals surface area contributed by atoms with Crippen LogP contribution in [0.5, 0.6) is 5.75 Å². The standard InChI is InChI=1S/C26H35N5O3.ClH/c1-30(14-15-32)21-6-4-19(5-7-21)17-31-12-10-20(11-13-31)27-26-24-16-22(34-3)8-9-23(24)25(18-33-2)28-29-26;/h4-9,16,20,32H,10-15,17-18H2,1-3H3,(H,27,29);1H. The Labute approximate surface area is 213 Å². The zero-order valence-corrected chi connectivity index (χ0v) is 21.6. The molecule has 2 heterocycles. The van der Waals surface area contributed by atoms with Crippen LogP contribution in [-0.2, 0) is 17.9 Å². The maximum atomic E-state index is 9.12. The summed E-state index contributed by atoms with van der Waals surface area (Å²) in [5, 5.41) is 23.7. The average molecular weight is 502 g/mol. The van der Waals surface area contributed by atoms with Crippen molar-refractivity contribution in [3.8, 4) is 5.75 Å². The van der Waals surface area contributed by atoms with E-state index >= 15 is 0 Å². The Morgan fingerprint density at radius 1 is 1.06 bits per heavy atom. The van der Waals surface area contributed by atoms with E-state index in [0.717, 1.165) is 66.2 Å². The Bertz CT molecular complexity index is 1070. The topological polar surface area (TPSA) is 83.0 Å². The SMILES string of the molecule is COCc1nnc(NC2CCN(Cc3ccc(N(C)CCO)cc3)CC2)c2cc(OC)ccc12.Cl. The van der Waals surface area contributed by atoms with E-state index in [4.69, 9.17) is 14.6 Å². The number of halogens is 1. The molecule has 1 aliphatic heterocycles. The van der Waals surface area contributed by atoms with Crippen LogP contribution in [0, 0.1) is 0 Å². The molecule has 4 rings (SSSR count). The molecule has 2 aromatic carbocycles. The van der Waals surface area contributed by atoms with Crippen LogP contribution in [0.2, 0.25) is 0 Å². The van der Waals surface area contributed by atoms with Gasteiger partial charge in [0, 0.05) is 62.8 Å². The first-order chi connectivity index (χ1) is 16.6. The van der Waals surface area contributed by atoms with Gasteiger partial charge >= 0.3 is 0 Å². The molecule has 2 N–H and O–H groups in total. The number of anilines is 2. The Morgan fingerprint density at radius 2 is 1.80 bits per heavy atom. The van der Waals surface area contributed by atoms with Crippen LogP contribution in [0.15, 0.2) is 42.5 Å². The number of ether oxygens (including phenoxy) is 2. The number of methoxy groups -OCH3 is 2. The Morgan fingerprint density at radius 3 is 2.46 bits per heavy atom. The van der Waals surface area contributed by atoms with Crippen molar-refractivity contribution in [3.05, 3.63) is 53.7 Å². The largest absolute Gasteiger partial charge is 0.497 e. The van der Waals surface area contributed by atoms with Crippen molar-refractivity contribution >= 4 is 34.7 Å². The summed E-state index contributed by atoms with van der Waals surface area (Å²) in [4.78, 5) is 4.56.